The van der Waals surface area contributed by atoms with Crippen molar-refractivity contribution in [3.05, 3.63) is 168 Å². The first-order chi connectivity index (χ1) is 22.3. The van der Waals surface area contributed by atoms with Gasteiger partial charge in [0.25, 0.3) is 0 Å². The van der Waals surface area contributed by atoms with Crippen molar-refractivity contribution < 1.29 is 0 Å². The molecule has 2 nitrogen and oxygen atoms in total. The van der Waals surface area contributed by atoms with Gasteiger partial charge in [-0.2, -0.15) is 0 Å². The lowest BCUT2D eigenvalue weighted by Crippen LogP contribution is -2.26. The summed E-state index contributed by atoms with van der Waals surface area (Å²) in [5, 5.41) is 5.05. The van der Waals surface area contributed by atoms with E-state index >= 15 is 0 Å². The van der Waals surface area contributed by atoms with Crippen molar-refractivity contribution >= 4 is 53.4 Å². The zero-order chi connectivity index (χ0) is 29.3. The number of nitrogens with zero attached hydrogens (tertiary/aromatic N) is 2. The quantitative estimate of drug-likeness (QED) is 0.187. The summed E-state index contributed by atoms with van der Waals surface area (Å²) >= 11 is 1.78. The minimum Gasteiger partial charge on any atom is -0.309 e. The minimum atomic E-state index is -0.373. The Morgan fingerprint density at radius 2 is 1.13 bits per heavy atom. The lowest BCUT2D eigenvalue weighted by atomic mass is 9.70. The second kappa shape index (κ2) is 8.35. The molecule has 3 aromatic heterocycles. The van der Waals surface area contributed by atoms with E-state index < -0.39 is 0 Å². The van der Waals surface area contributed by atoms with Gasteiger partial charge in [0.15, 0.2) is 0 Å². The molecule has 1 spiro atoms. The number of thiophene rings is 1. The van der Waals surface area contributed by atoms with E-state index in [1.807, 2.05) is 6.20 Å². The number of rotatable bonds is 1. The molecule has 0 aliphatic heterocycles. The molecule has 45 heavy (non-hydrogen) atoms. The van der Waals surface area contributed by atoms with Gasteiger partial charge in [0.1, 0.15) is 4.83 Å². The topological polar surface area (TPSA) is 17.8 Å². The molecule has 208 valence electrons. The molecule has 0 saturated heterocycles. The number of fused-ring (bicyclic) bond motifs is 17. The van der Waals surface area contributed by atoms with Crippen LogP contribution in [0.2, 0.25) is 0 Å². The summed E-state index contributed by atoms with van der Waals surface area (Å²) in [5.41, 5.74) is 14.1. The molecule has 3 heterocycles. The van der Waals surface area contributed by atoms with Gasteiger partial charge < -0.3 is 4.57 Å². The van der Waals surface area contributed by atoms with Gasteiger partial charge >= 0.3 is 0 Å². The first-order valence-corrected chi connectivity index (χ1v) is 16.3. The fourth-order valence-electron chi connectivity index (χ4n) is 8.64. The average molecular weight is 589 g/mol. The Bertz CT molecular complexity index is 2660. The average Bonchev–Trinajstić information content (AvgIpc) is 3.81. The predicted molar refractivity (Wildman–Crippen MR) is 188 cm³/mol. The van der Waals surface area contributed by atoms with E-state index in [1.54, 1.807) is 11.3 Å². The van der Waals surface area contributed by atoms with Gasteiger partial charge in [0.2, 0.25) is 0 Å². The van der Waals surface area contributed by atoms with Crippen molar-refractivity contribution in [1.29, 1.82) is 0 Å². The van der Waals surface area contributed by atoms with Gasteiger partial charge in [-0.05, 0) is 80.9 Å². The van der Waals surface area contributed by atoms with Gasteiger partial charge in [-0.1, -0.05) is 103 Å². The number of aromatic nitrogens is 2. The highest BCUT2D eigenvalue weighted by molar-refractivity contribution is 7.25. The molecule has 0 N–H and O–H groups in total. The van der Waals surface area contributed by atoms with Crippen molar-refractivity contribution in [3.63, 3.8) is 0 Å². The van der Waals surface area contributed by atoms with Crippen LogP contribution >= 0.6 is 11.3 Å². The zero-order valence-electron chi connectivity index (χ0n) is 24.2. The molecule has 0 unspecified atom stereocenters. The standard InChI is InChI=1S/C42H24N2S/c1-5-15-33-26(10-1)27-11-2-6-16-34(27)42(33)35-17-7-3-12-28(35)29-20-19-25(24-36(29)42)44-37-18-8-4-13-30(37)31-21-22-38-39(40(31)44)32-14-9-23-43-41(32)45-38/h1-24H. The summed E-state index contributed by atoms with van der Waals surface area (Å²) in [6.07, 6.45) is 1.90. The molecule has 2 aliphatic rings. The lowest BCUT2D eigenvalue weighted by Gasteiger charge is -2.30. The first-order valence-electron chi connectivity index (χ1n) is 15.5. The number of hydrogen-bond donors (Lipinski definition) is 0. The van der Waals surface area contributed by atoms with Crippen molar-refractivity contribution in [2.75, 3.05) is 0 Å². The van der Waals surface area contributed by atoms with Crippen molar-refractivity contribution in [3.8, 4) is 27.9 Å². The summed E-state index contributed by atoms with van der Waals surface area (Å²) in [5.74, 6) is 0. The third-order valence-electron chi connectivity index (χ3n) is 10.3. The molecule has 2 aliphatic carbocycles. The number of pyridine rings is 1. The maximum atomic E-state index is 4.75. The monoisotopic (exact) mass is 588 g/mol. The van der Waals surface area contributed by atoms with E-state index in [2.05, 4.69) is 144 Å². The number of benzene rings is 6. The largest absolute Gasteiger partial charge is 0.309 e. The molecule has 0 bridgehead atoms. The maximum absolute atomic E-state index is 4.75. The molecule has 0 fully saturated rings. The zero-order valence-corrected chi connectivity index (χ0v) is 25.0. The van der Waals surface area contributed by atoms with Gasteiger partial charge in [-0.3, -0.25) is 0 Å². The van der Waals surface area contributed by atoms with Crippen LogP contribution in [-0.2, 0) is 5.41 Å². The smallest absolute Gasteiger partial charge is 0.124 e. The Hall–Kier alpha value is -5.51. The highest BCUT2D eigenvalue weighted by atomic mass is 32.1. The number of para-hydroxylation sites is 1. The van der Waals surface area contributed by atoms with Crippen LogP contribution in [0, 0.1) is 0 Å². The fraction of sp³-hybridized carbons (Fsp3) is 0.0238. The van der Waals surface area contributed by atoms with Crippen LogP contribution in [0.5, 0.6) is 0 Å². The van der Waals surface area contributed by atoms with E-state index in [0.29, 0.717) is 0 Å². The van der Waals surface area contributed by atoms with Gasteiger partial charge in [-0.15, -0.1) is 11.3 Å². The summed E-state index contributed by atoms with van der Waals surface area (Å²) in [6.45, 7) is 0. The van der Waals surface area contributed by atoms with E-state index in [0.717, 1.165) is 4.83 Å². The molecule has 6 aromatic carbocycles. The van der Waals surface area contributed by atoms with Crippen LogP contribution in [0.15, 0.2) is 146 Å². The van der Waals surface area contributed by atoms with E-state index in [-0.39, 0.29) is 5.41 Å². The van der Waals surface area contributed by atoms with Crippen LogP contribution in [0.1, 0.15) is 22.3 Å². The highest BCUT2D eigenvalue weighted by Crippen LogP contribution is 2.63. The highest BCUT2D eigenvalue weighted by Gasteiger charge is 2.51. The minimum absolute atomic E-state index is 0.373. The van der Waals surface area contributed by atoms with Crippen LogP contribution in [0.4, 0.5) is 0 Å². The second-order valence-corrected chi connectivity index (χ2v) is 13.3. The molecule has 0 radical (unpaired) electrons. The van der Waals surface area contributed by atoms with Gasteiger partial charge in [-0.25, -0.2) is 4.98 Å². The molecule has 0 saturated carbocycles. The van der Waals surface area contributed by atoms with Gasteiger partial charge in [0.05, 0.1) is 16.4 Å². The molecule has 0 atom stereocenters. The third-order valence-corrected chi connectivity index (χ3v) is 11.4. The maximum Gasteiger partial charge on any atom is 0.124 e. The van der Waals surface area contributed by atoms with Gasteiger partial charge in [0, 0.05) is 38.1 Å². The van der Waals surface area contributed by atoms with Crippen molar-refractivity contribution in [2.24, 2.45) is 0 Å². The molecular formula is C42H24N2S. The van der Waals surface area contributed by atoms with Crippen LogP contribution in [0.25, 0.3) is 70.0 Å². The molecule has 0 amide bonds. The SMILES string of the molecule is c1ccc2c(c1)-c1ccccc1C21c2ccccc2-c2ccc(-n3c4ccccc4c4ccc5sc6ncccc6c5c43)cc21. The van der Waals surface area contributed by atoms with Crippen molar-refractivity contribution in [2.45, 2.75) is 5.41 Å². The van der Waals surface area contributed by atoms with E-state index in [4.69, 9.17) is 4.98 Å². The Kier molecular flexibility index (Phi) is 4.43. The second-order valence-electron chi connectivity index (χ2n) is 12.3. The van der Waals surface area contributed by atoms with Crippen molar-refractivity contribution in [1.82, 2.24) is 9.55 Å². The fourth-order valence-corrected chi connectivity index (χ4v) is 9.69. The molecular weight excluding hydrogens is 565 g/mol. The first kappa shape index (κ1) is 23.9. The molecule has 9 aromatic rings. The summed E-state index contributed by atoms with van der Waals surface area (Å²) in [4.78, 5) is 5.83. The predicted octanol–water partition coefficient (Wildman–Crippen LogP) is 10.9. The Labute approximate surface area is 263 Å². The lowest BCUT2D eigenvalue weighted by molar-refractivity contribution is 0.792. The Morgan fingerprint density at radius 1 is 0.511 bits per heavy atom. The Balaban J connectivity index is 1.31. The van der Waals surface area contributed by atoms with E-state index in [9.17, 15) is 0 Å². The number of hydrogen-bond acceptors (Lipinski definition) is 2. The third kappa shape index (κ3) is 2.79. The van der Waals surface area contributed by atoms with E-state index in [1.165, 1.54) is 87.5 Å². The van der Waals surface area contributed by atoms with Crippen LogP contribution in [0.3, 0.4) is 0 Å². The normalized spacial score (nSPS) is 14.0. The van der Waals surface area contributed by atoms with Crippen LogP contribution in [-0.4, -0.2) is 9.55 Å². The summed E-state index contributed by atoms with van der Waals surface area (Å²) < 4.78 is 3.78. The van der Waals surface area contributed by atoms with Crippen LogP contribution < -0.4 is 0 Å². The molecule has 3 heteroatoms. The summed E-state index contributed by atoms with van der Waals surface area (Å²) in [7, 11) is 0. The summed E-state index contributed by atoms with van der Waals surface area (Å²) in [6, 6.07) is 52.0. The Morgan fingerprint density at radius 3 is 1.87 bits per heavy atom. The molecule has 11 rings (SSSR count).